The quantitative estimate of drug-likeness (QED) is 0.551. The molecule has 4 aromatic rings. The average Bonchev–Trinajstić information content (AvgIpc) is 3.23. The number of amides is 1. The van der Waals surface area contributed by atoms with Crippen LogP contribution in [0.15, 0.2) is 53.7 Å². The number of nitrogens with one attached hydrogen (secondary N) is 1. The van der Waals surface area contributed by atoms with Crippen LogP contribution in [0.2, 0.25) is 0 Å². The number of thiazole rings is 1. The Hall–Kier alpha value is -3.11. The Balaban J connectivity index is 1.61. The number of carbonyl (C=O) groups excluding carboxylic acids is 1. The van der Waals surface area contributed by atoms with E-state index >= 15 is 0 Å². The zero-order chi connectivity index (χ0) is 19.9. The molecule has 0 saturated heterocycles. The molecule has 28 heavy (non-hydrogen) atoms. The van der Waals surface area contributed by atoms with Crippen LogP contribution in [-0.4, -0.2) is 40.3 Å². The average molecular weight is 413 g/mol. The van der Waals surface area contributed by atoms with Gasteiger partial charge in [-0.2, -0.15) is 5.10 Å². The number of pyridine rings is 1. The summed E-state index contributed by atoms with van der Waals surface area (Å²) in [6, 6.07) is 10.1. The second-order valence-corrected chi connectivity index (χ2v) is 9.16. The van der Waals surface area contributed by atoms with Crippen LogP contribution < -0.4 is 5.32 Å². The first-order chi connectivity index (χ1) is 13.3. The highest BCUT2D eigenvalue weighted by Gasteiger charge is 2.18. The number of hydrogen-bond donors (Lipinski definition) is 1. The van der Waals surface area contributed by atoms with E-state index in [2.05, 4.69) is 20.4 Å². The summed E-state index contributed by atoms with van der Waals surface area (Å²) >= 11 is 1.21. The predicted octanol–water partition coefficient (Wildman–Crippen LogP) is 2.84. The minimum atomic E-state index is -3.31. The molecule has 1 aromatic carbocycles. The molecular formula is C18H15N5O3S2. The second kappa shape index (κ2) is 6.80. The zero-order valence-electron chi connectivity index (χ0n) is 14.9. The third kappa shape index (κ3) is 3.39. The molecule has 0 bridgehead atoms. The van der Waals surface area contributed by atoms with Gasteiger partial charge in [0.2, 0.25) is 0 Å². The maximum Gasteiger partial charge on any atom is 0.260 e. The van der Waals surface area contributed by atoms with E-state index in [1.54, 1.807) is 42.1 Å². The molecule has 0 unspecified atom stereocenters. The molecule has 142 valence electrons. The van der Waals surface area contributed by atoms with Gasteiger partial charge >= 0.3 is 0 Å². The van der Waals surface area contributed by atoms with Gasteiger partial charge in [-0.3, -0.25) is 10.1 Å². The van der Waals surface area contributed by atoms with Gasteiger partial charge in [-0.15, -0.1) is 0 Å². The Morgan fingerprint density at radius 3 is 2.75 bits per heavy atom. The van der Waals surface area contributed by atoms with Gasteiger partial charge in [0.25, 0.3) is 5.91 Å². The van der Waals surface area contributed by atoms with Crippen molar-refractivity contribution in [3.63, 3.8) is 0 Å². The van der Waals surface area contributed by atoms with Crippen LogP contribution in [0.3, 0.4) is 0 Å². The maximum atomic E-state index is 12.7. The molecule has 0 spiro atoms. The lowest BCUT2D eigenvalue weighted by molar-refractivity contribution is 0.102. The molecule has 0 aliphatic heterocycles. The van der Waals surface area contributed by atoms with Gasteiger partial charge in [0.1, 0.15) is 0 Å². The molecule has 0 atom stereocenters. The van der Waals surface area contributed by atoms with Gasteiger partial charge < -0.3 is 0 Å². The van der Waals surface area contributed by atoms with E-state index in [1.807, 2.05) is 6.07 Å². The molecular weight excluding hydrogens is 398 g/mol. The first-order valence-electron chi connectivity index (χ1n) is 8.21. The first-order valence-corrected chi connectivity index (χ1v) is 10.9. The summed E-state index contributed by atoms with van der Waals surface area (Å²) in [5.74, 6) is 0.273. The molecule has 8 nitrogen and oxygen atoms in total. The van der Waals surface area contributed by atoms with Gasteiger partial charge in [0.15, 0.2) is 20.8 Å². The highest BCUT2D eigenvalue weighted by Crippen LogP contribution is 2.28. The SMILES string of the molecule is Cc1c(C(=O)Nc2nc3ccc(S(C)(=O)=O)cc3s2)cnn1-c1ccccn1. The maximum absolute atomic E-state index is 12.7. The van der Waals surface area contributed by atoms with E-state index in [0.717, 1.165) is 6.26 Å². The van der Waals surface area contributed by atoms with Crippen LogP contribution in [0.1, 0.15) is 16.1 Å². The number of nitrogens with zero attached hydrogens (tertiary/aromatic N) is 4. The Kier molecular flexibility index (Phi) is 4.44. The lowest BCUT2D eigenvalue weighted by Gasteiger charge is -2.04. The first kappa shape index (κ1) is 18.3. The number of fused-ring (bicyclic) bond motifs is 1. The van der Waals surface area contributed by atoms with E-state index in [-0.39, 0.29) is 10.8 Å². The number of carbonyl (C=O) groups is 1. The van der Waals surface area contributed by atoms with E-state index in [9.17, 15) is 13.2 Å². The molecule has 3 aromatic heterocycles. The fraction of sp³-hybridized carbons (Fsp3) is 0.111. The number of anilines is 1. The summed E-state index contributed by atoms with van der Waals surface area (Å²) in [4.78, 5) is 21.5. The van der Waals surface area contributed by atoms with Gasteiger partial charge in [0.05, 0.1) is 32.6 Å². The van der Waals surface area contributed by atoms with E-state index in [1.165, 1.54) is 23.6 Å². The van der Waals surface area contributed by atoms with Crippen LogP contribution in [-0.2, 0) is 9.84 Å². The Morgan fingerprint density at radius 2 is 2.04 bits per heavy atom. The summed E-state index contributed by atoms with van der Waals surface area (Å²) in [5.41, 5.74) is 1.67. The predicted molar refractivity (Wildman–Crippen MR) is 107 cm³/mol. The second-order valence-electron chi connectivity index (χ2n) is 6.12. The Labute approximate surface area is 164 Å². The number of rotatable bonds is 4. The largest absolute Gasteiger partial charge is 0.298 e. The molecule has 0 aliphatic rings. The van der Waals surface area contributed by atoms with E-state index in [4.69, 9.17) is 0 Å². The topological polar surface area (TPSA) is 107 Å². The summed E-state index contributed by atoms with van der Waals surface area (Å²) in [6.07, 6.45) is 4.29. The minimum Gasteiger partial charge on any atom is -0.298 e. The summed E-state index contributed by atoms with van der Waals surface area (Å²) in [7, 11) is -3.31. The van der Waals surface area contributed by atoms with Crippen LogP contribution in [0.5, 0.6) is 0 Å². The third-order valence-electron chi connectivity index (χ3n) is 4.13. The van der Waals surface area contributed by atoms with Gasteiger partial charge in [-0.05, 0) is 37.3 Å². The molecule has 4 rings (SSSR count). The smallest absolute Gasteiger partial charge is 0.260 e. The Morgan fingerprint density at radius 1 is 1.21 bits per heavy atom. The molecule has 0 fully saturated rings. The van der Waals surface area contributed by atoms with Crippen LogP contribution >= 0.6 is 11.3 Å². The van der Waals surface area contributed by atoms with Gasteiger partial charge in [0, 0.05) is 12.5 Å². The fourth-order valence-electron chi connectivity index (χ4n) is 2.70. The highest BCUT2D eigenvalue weighted by atomic mass is 32.2. The molecule has 1 amide bonds. The van der Waals surface area contributed by atoms with Crippen molar-refractivity contribution in [2.45, 2.75) is 11.8 Å². The molecule has 1 N–H and O–H groups in total. The van der Waals surface area contributed by atoms with E-state index in [0.29, 0.717) is 32.4 Å². The minimum absolute atomic E-state index is 0.217. The molecule has 10 heteroatoms. The molecule has 0 aliphatic carbocycles. The standard InChI is InChI=1S/C18H15N5O3S2/c1-11-13(10-20-23(11)16-5-3-4-8-19-16)17(24)22-18-21-14-7-6-12(28(2,25)26)9-15(14)27-18/h3-10H,1-2H3,(H,21,22,24). The van der Waals surface area contributed by atoms with Crippen molar-refractivity contribution in [1.82, 2.24) is 19.7 Å². The van der Waals surface area contributed by atoms with Crippen molar-refractivity contribution in [3.8, 4) is 5.82 Å². The van der Waals surface area contributed by atoms with Crippen molar-refractivity contribution in [2.75, 3.05) is 11.6 Å². The van der Waals surface area contributed by atoms with Crippen LogP contribution in [0, 0.1) is 6.92 Å². The highest BCUT2D eigenvalue weighted by molar-refractivity contribution is 7.90. The molecule has 0 radical (unpaired) electrons. The van der Waals surface area contributed by atoms with Crippen LogP contribution in [0.25, 0.3) is 16.0 Å². The normalized spacial score (nSPS) is 11.6. The van der Waals surface area contributed by atoms with Crippen molar-refractivity contribution in [3.05, 3.63) is 60.0 Å². The number of hydrogen-bond acceptors (Lipinski definition) is 7. The zero-order valence-corrected chi connectivity index (χ0v) is 16.6. The number of benzene rings is 1. The number of aromatic nitrogens is 4. The van der Waals surface area contributed by atoms with Crippen molar-refractivity contribution in [2.24, 2.45) is 0 Å². The van der Waals surface area contributed by atoms with Crippen molar-refractivity contribution >= 4 is 42.4 Å². The fourth-order valence-corrected chi connectivity index (χ4v) is 4.32. The Bertz CT molecular complexity index is 1290. The summed E-state index contributed by atoms with van der Waals surface area (Å²) in [5, 5.41) is 7.38. The van der Waals surface area contributed by atoms with Crippen molar-refractivity contribution < 1.29 is 13.2 Å². The monoisotopic (exact) mass is 413 g/mol. The van der Waals surface area contributed by atoms with Crippen molar-refractivity contribution in [1.29, 1.82) is 0 Å². The van der Waals surface area contributed by atoms with E-state index < -0.39 is 9.84 Å². The van der Waals surface area contributed by atoms with Gasteiger partial charge in [-0.1, -0.05) is 17.4 Å². The summed E-state index contributed by atoms with van der Waals surface area (Å²) < 4.78 is 25.7. The molecule has 3 heterocycles. The lowest BCUT2D eigenvalue weighted by Crippen LogP contribution is -2.13. The lowest BCUT2D eigenvalue weighted by atomic mass is 10.2. The van der Waals surface area contributed by atoms with Crippen LogP contribution in [0.4, 0.5) is 5.13 Å². The third-order valence-corrected chi connectivity index (χ3v) is 6.17. The van der Waals surface area contributed by atoms with Gasteiger partial charge in [-0.25, -0.2) is 23.1 Å². The summed E-state index contributed by atoms with van der Waals surface area (Å²) in [6.45, 7) is 1.79. The number of sulfone groups is 1. The molecule has 0 saturated carbocycles.